The standard InChI is InChI=1S/C20H24BrO3PS/c1-3-16(2)24-25(22,23)20-12-11-18(14-19(20)21)15-26-13-7-10-17-8-5-4-6-9-17/h4-12,14,16H,3,13,15H2,1-2H3,(H,22,23). The van der Waals surface area contributed by atoms with Gasteiger partial charge in [0.15, 0.2) is 0 Å². The van der Waals surface area contributed by atoms with Gasteiger partial charge in [-0.3, -0.25) is 4.57 Å². The molecule has 0 bridgehead atoms. The Kier molecular flexibility index (Phi) is 8.65. The monoisotopic (exact) mass is 454 g/mol. The Balaban J connectivity index is 1.91. The summed E-state index contributed by atoms with van der Waals surface area (Å²) in [7, 11) is -3.81. The highest BCUT2D eigenvalue weighted by molar-refractivity contribution is 9.10. The summed E-state index contributed by atoms with van der Waals surface area (Å²) in [6.07, 6.45) is 4.68. The first-order valence-electron chi connectivity index (χ1n) is 8.52. The van der Waals surface area contributed by atoms with Crippen LogP contribution in [0.1, 0.15) is 31.4 Å². The lowest BCUT2D eigenvalue weighted by Gasteiger charge is -2.18. The summed E-state index contributed by atoms with van der Waals surface area (Å²) in [5.41, 5.74) is 2.29. The van der Waals surface area contributed by atoms with Crippen LogP contribution in [-0.4, -0.2) is 16.8 Å². The van der Waals surface area contributed by atoms with Crippen molar-refractivity contribution in [2.24, 2.45) is 0 Å². The summed E-state index contributed by atoms with van der Waals surface area (Å²) in [5.74, 6) is 1.74. The maximum Gasteiger partial charge on any atom is 0.360 e. The molecule has 0 heterocycles. The molecule has 1 N–H and O–H groups in total. The third kappa shape index (κ3) is 6.71. The van der Waals surface area contributed by atoms with Gasteiger partial charge in [0.25, 0.3) is 0 Å². The van der Waals surface area contributed by atoms with Gasteiger partial charge in [0.05, 0.1) is 11.4 Å². The highest BCUT2D eigenvalue weighted by Crippen LogP contribution is 2.44. The zero-order chi connectivity index (χ0) is 19.0. The second kappa shape index (κ2) is 10.5. The lowest BCUT2D eigenvalue weighted by molar-refractivity contribution is 0.192. The van der Waals surface area contributed by atoms with Gasteiger partial charge < -0.3 is 9.42 Å². The molecule has 0 spiro atoms. The van der Waals surface area contributed by atoms with Crippen LogP contribution < -0.4 is 5.30 Å². The number of thioether (sulfide) groups is 1. The van der Waals surface area contributed by atoms with Crippen LogP contribution in [0, 0.1) is 0 Å². The molecular formula is C20H24BrO3PS. The molecule has 2 atom stereocenters. The molecule has 2 rings (SSSR count). The van der Waals surface area contributed by atoms with Crippen LogP contribution in [0.5, 0.6) is 0 Å². The number of hydrogen-bond donors (Lipinski definition) is 1. The normalized spacial score (nSPS) is 15.1. The maximum absolute atomic E-state index is 12.4. The van der Waals surface area contributed by atoms with E-state index in [1.54, 1.807) is 24.8 Å². The van der Waals surface area contributed by atoms with E-state index in [2.05, 4.69) is 40.2 Å². The van der Waals surface area contributed by atoms with Gasteiger partial charge in [0, 0.05) is 16.0 Å². The van der Waals surface area contributed by atoms with Crippen molar-refractivity contribution in [3.8, 4) is 0 Å². The van der Waals surface area contributed by atoms with Crippen LogP contribution >= 0.6 is 35.3 Å². The lowest BCUT2D eigenvalue weighted by atomic mass is 10.2. The first kappa shape index (κ1) is 21.5. The van der Waals surface area contributed by atoms with Crippen LogP contribution in [0.25, 0.3) is 6.08 Å². The van der Waals surface area contributed by atoms with E-state index < -0.39 is 7.60 Å². The molecule has 0 aliphatic carbocycles. The van der Waals surface area contributed by atoms with E-state index in [-0.39, 0.29) is 6.10 Å². The van der Waals surface area contributed by atoms with Crippen molar-refractivity contribution in [2.75, 3.05) is 5.75 Å². The molecule has 2 aromatic carbocycles. The second-order valence-electron chi connectivity index (χ2n) is 5.96. The van der Waals surface area contributed by atoms with Crippen LogP contribution in [-0.2, 0) is 14.8 Å². The highest BCUT2D eigenvalue weighted by atomic mass is 79.9. The van der Waals surface area contributed by atoms with Gasteiger partial charge in [0.2, 0.25) is 0 Å². The summed E-state index contributed by atoms with van der Waals surface area (Å²) in [6.45, 7) is 3.72. The topological polar surface area (TPSA) is 46.5 Å². The SMILES string of the molecule is CCC(C)OP(=O)(O)c1ccc(CSCC=Cc2ccccc2)cc1Br. The summed E-state index contributed by atoms with van der Waals surface area (Å²) < 4.78 is 18.4. The van der Waals surface area contributed by atoms with Crippen molar-refractivity contribution in [1.82, 2.24) is 0 Å². The molecule has 0 amide bonds. The van der Waals surface area contributed by atoms with E-state index in [9.17, 15) is 9.46 Å². The zero-order valence-electron chi connectivity index (χ0n) is 15.0. The Morgan fingerprint density at radius 1 is 1.27 bits per heavy atom. The largest absolute Gasteiger partial charge is 0.360 e. The minimum atomic E-state index is -3.81. The number of halogens is 1. The van der Waals surface area contributed by atoms with E-state index in [1.807, 2.05) is 37.3 Å². The quantitative estimate of drug-likeness (QED) is 0.371. The minimum Gasteiger partial charge on any atom is -0.321 e. The molecule has 0 saturated carbocycles. The Hall–Kier alpha value is -0.840. The molecular weight excluding hydrogens is 431 g/mol. The first-order valence-corrected chi connectivity index (χ1v) is 12.0. The molecule has 0 aromatic heterocycles. The van der Waals surface area contributed by atoms with Crippen molar-refractivity contribution >= 4 is 46.7 Å². The molecule has 0 radical (unpaired) electrons. The lowest BCUT2D eigenvalue weighted by Crippen LogP contribution is -2.14. The third-order valence-electron chi connectivity index (χ3n) is 3.81. The van der Waals surface area contributed by atoms with Gasteiger partial charge >= 0.3 is 7.60 Å². The fourth-order valence-electron chi connectivity index (χ4n) is 2.24. The molecule has 0 aliphatic rings. The van der Waals surface area contributed by atoms with E-state index in [0.29, 0.717) is 16.2 Å². The second-order valence-corrected chi connectivity index (χ2v) is 9.58. The van der Waals surface area contributed by atoms with Crippen LogP contribution in [0.3, 0.4) is 0 Å². The van der Waals surface area contributed by atoms with Gasteiger partial charge in [-0.15, -0.1) is 0 Å². The van der Waals surface area contributed by atoms with E-state index in [0.717, 1.165) is 17.1 Å². The molecule has 26 heavy (non-hydrogen) atoms. The Morgan fingerprint density at radius 2 is 2.00 bits per heavy atom. The Morgan fingerprint density at radius 3 is 2.65 bits per heavy atom. The smallest absolute Gasteiger partial charge is 0.321 e. The van der Waals surface area contributed by atoms with Gasteiger partial charge in [-0.05, 0) is 52.5 Å². The summed E-state index contributed by atoms with van der Waals surface area (Å²) >= 11 is 5.20. The van der Waals surface area contributed by atoms with Crippen molar-refractivity contribution in [1.29, 1.82) is 0 Å². The molecule has 2 aromatic rings. The highest BCUT2D eigenvalue weighted by Gasteiger charge is 2.27. The van der Waals surface area contributed by atoms with Gasteiger partial charge in [-0.1, -0.05) is 55.5 Å². The average molecular weight is 455 g/mol. The minimum absolute atomic E-state index is 0.260. The van der Waals surface area contributed by atoms with Crippen molar-refractivity contribution in [3.05, 3.63) is 70.2 Å². The predicted molar refractivity (Wildman–Crippen MR) is 116 cm³/mol. The fraction of sp³-hybridized carbons (Fsp3) is 0.300. The van der Waals surface area contributed by atoms with Crippen LogP contribution in [0.15, 0.2) is 59.1 Å². The summed E-state index contributed by atoms with van der Waals surface area (Å²) in [5, 5.41) is 0.315. The molecule has 0 saturated heterocycles. The maximum atomic E-state index is 12.4. The molecule has 140 valence electrons. The van der Waals surface area contributed by atoms with Gasteiger partial charge in [-0.25, -0.2) is 0 Å². The van der Waals surface area contributed by atoms with Crippen LogP contribution in [0.2, 0.25) is 0 Å². The van der Waals surface area contributed by atoms with Gasteiger partial charge in [-0.2, -0.15) is 11.8 Å². The molecule has 3 nitrogen and oxygen atoms in total. The Bertz CT molecular complexity index is 780. The van der Waals surface area contributed by atoms with E-state index in [1.165, 1.54) is 5.56 Å². The predicted octanol–water partition coefficient (Wildman–Crippen LogP) is 6.02. The summed E-state index contributed by atoms with van der Waals surface area (Å²) in [6, 6.07) is 15.7. The van der Waals surface area contributed by atoms with Gasteiger partial charge in [0.1, 0.15) is 0 Å². The average Bonchev–Trinajstić information content (AvgIpc) is 2.61. The van der Waals surface area contributed by atoms with E-state index in [4.69, 9.17) is 4.52 Å². The molecule has 0 aliphatic heterocycles. The summed E-state index contributed by atoms with van der Waals surface area (Å²) in [4.78, 5) is 10.2. The Labute approximate surface area is 168 Å². The first-order chi connectivity index (χ1) is 12.4. The number of hydrogen-bond acceptors (Lipinski definition) is 3. The fourth-order valence-corrected chi connectivity index (χ4v) is 5.45. The van der Waals surface area contributed by atoms with Crippen molar-refractivity contribution < 1.29 is 14.0 Å². The van der Waals surface area contributed by atoms with Crippen molar-refractivity contribution in [2.45, 2.75) is 32.1 Å². The molecule has 6 heteroatoms. The number of benzene rings is 2. The molecule has 0 fully saturated rings. The zero-order valence-corrected chi connectivity index (χ0v) is 18.3. The number of rotatable bonds is 9. The molecule has 2 unspecified atom stereocenters. The van der Waals surface area contributed by atoms with E-state index >= 15 is 0 Å². The van der Waals surface area contributed by atoms with Crippen LogP contribution in [0.4, 0.5) is 0 Å². The third-order valence-corrected chi connectivity index (χ3v) is 7.38. The van der Waals surface area contributed by atoms with Crippen molar-refractivity contribution in [3.63, 3.8) is 0 Å².